The maximum absolute atomic E-state index is 12.3. The van der Waals surface area contributed by atoms with Gasteiger partial charge in [0.05, 0.1) is 23.9 Å². The minimum atomic E-state index is -0.364. The summed E-state index contributed by atoms with van der Waals surface area (Å²) in [7, 11) is 0. The van der Waals surface area contributed by atoms with E-state index in [0.717, 1.165) is 47.2 Å². The molecular weight excluding hydrogens is 362 g/mol. The third-order valence-electron chi connectivity index (χ3n) is 4.89. The van der Waals surface area contributed by atoms with Crippen LogP contribution in [0.2, 0.25) is 0 Å². The van der Waals surface area contributed by atoms with Crippen molar-refractivity contribution in [1.29, 1.82) is 5.26 Å². The van der Waals surface area contributed by atoms with Crippen molar-refractivity contribution in [3.8, 4) is 17.2 Å². The number of esters is 1. The molecular formula is C24H25N3O2. The summed E-state index contributed by atoms with van der Waals surface area (Å²) in [5, 5.41) is 16.6. The molecule has 1 aromatic heterocycles. The second kappa shape index (κ2) is 9.70. The first kappa shape index (κ1) is 20.3. The van der Waals surface area contributed by atoms with Gasteiger partial charge in [0.25, 0.3) is 0 Å². The number of nitriles is 1. The van der Waals surface area contributed by atoms with Crippen LogP contribution in [0.25, 0.3) is 11.1 Å². The average Bonchev–Trinajstić information content (AvgIpc) is 3.15. The fourth-order valence-corrected chi connectivity index (χ4v) is 3.35. The number of nitrogens with one attached hydrogen (secondary N) is 1. The highest BCUT2D eigenvalue weighted by Gasteiger charge is 2.20. The fraction of sp³-hybridized carbons (Fsp3) is 0.292. The molecule has 2 aromatic carbocycles. The number of ether oxygens (including phenoxy) is 1. The predicted molar refractivity (Wildman–Crippen MR) is 113 cm³/mol. The summed E-state index contributed by atoms with van der Waals surface area (Å²) in [5.41, 5.74) is 5.91. The number of nitrogens with zero attached hydrogens (tertiary/aromatic N) is 2. The van der Waals surface area contributed by atoms with Gasteiger partial charge in [-0.3, -0.25) is 5.10 Å². The van der Waals surface area contributed by atoms with E-state index < -0.39 is 0 Å². The SMILES string of the molecule is CCCCc1n[nH]c(C(=O)OCC)c1Cc1ccc(-c2ccccc2C#N)cc1. The van der Waals surface area contributed by atoms with Crippen molar-refractivity contribution in [3.63, 3.8) is 0 Å². The van der Waals surface area contributed by atoms with E-state index in [0.29, 0.717) is 24.3 Å². The van der Waals surface area contributed by atoms with Crippen molar-refractivity contribution in [2.24, 2.45) is 0 Å². The summed E-state index contributed by atoms with van der Waals surface area (Å²) in [6.45, 7) is 4.26. The molecule has 3 rings (SSSR count). The highest BCUT2D eigenvalue weighted by atomic mass is 16.5. The minimum Gasteiger partial charge on any atom is -0.461 e. The van der Waals surface area contributed by atoms with Gasteiger partial charge >= 0.3 is 5.97 Å². The number of carbonyl (C=O) groups excluding carboxylic acids is 1. The number of unbranched alkanes of at least 4 members (excludes halogenated alkanes) is 1. The van der Waals surface area contributed by atoms with E-state index in [1.165, 1.54) is 0 Å². The highest BCUT2D eigenvalue weighted by Crippen LogP contribution is 2.25. The first-order valence-electron chi connectivity index (χ1n) is 9.99. The zero-order valence-electron chi connectivity index (χ0n) is 16.9. The molecule has 0 amide bonds. The number of H-pyrrole nitrogens is 1. The Labute approximate surface area is 171 Å². The van der Waals surface area contributed by atoms with Gasteiger partial charge in [0.15, 0.2) is 0 Å². The molecule has 0 bridgehead atoms. The first-order valence-corrected chi connectivity index (χ1v) is 9.99. The van der Waals surface area contributed by atoms with E-state index in [1.807, 2.05) is 48.5 Å². The summed E-state index contributed by atoms with van der Waals surface area (Å²) < 4.78 is 5.19. The summed E-state index contributed by atoms with van der Waals surface area (Å²) in [4.78, 5) is 12.3. The van der Waals surface area contributed by atoms with Crippen LogP contribution in [0.4, 0.5) is 0 Å². The molecule has 29 heavy (non-hydrogen) atoms. The van der Waals surface area contributed by atoms with E-state index in [4.69, 9.17) is 4.74 Å². The molecule has 1 heterocycles. The molecule has 1 N–H and O–H groups in total. The van der Waals surface area contributed by atoms with Crippen LogP contribution in [-0.4, -0.2) is 22.8 Å². The molecule has 0 aliphatic rings. The number of aromatic amines is 1. The third kappa shape index (κ3) is 4.72. The molecule has 0 aliphatic carbocycles. The van der Waals surface area contributed by atoms with Crippen LogP contribution in [0.5, 0.6) is 0 Å². The smallest absolute Gasteiger partial charge is 0.356 e. The van der Waals surface area contributed by atoms with Crippen LogP contribution in [0.3, 0.4) is 0 Å². The fourth-order valence-electron chi connectivity index (χ4n) is 3.35. The van der Waals surface area contributed by atoms with Gasteiger partial charge in [-0.2, -0.15) is 10.4 Å². The van der Waals surface area contributed by atoms with Crippen LogP contribution < -0.4 is 0 Å². The molecule has 0 atom stereocenters. The predicted octanol–water partition coefficient (Wildman–Crippen LogP) is 5.06. The van der Waals surface area contributed by atoms with E-state index in [2.05, 4.69) is 23.2 Å². The number of aryl methyl sites for hydroxylation is 1. The number of hydrogen-bond acceptors (Lipinski definition) is 4. The van der Waals surface area contributed by atoms with Gasteiger partial charge in [0.1, 0.15) is 5.69 Å². The van der Waals surface area contributed by atoms with Gasteiger partial charge in [-0.05, 0) is 42.5 Å². The zero-order valence-corrected chi connectivity index (χ0v) is 16.9. The third-order valence-corrected chi connectivity index (χ3v) is 4.89. The number of carbonyl (C=O) groups is 1. The van der Waals surface area contributed by atoms with Gasteiger partial charge in [-0.15, -0.1) is 0 Å². The second-order valence-corrected chi connectivity index (χ2v) is 6.88. The van der Waals surface area contributed by atoms with Crippen LogP contribution in [-0.2, 0) is 17.6 Å². The van der Waals surface area contributed by atoms with Gasteiger partial charge in [-0.1, -0.05) is 55.8 Å². The second-order valence-electron chi connectivity index (χ2n) is 6.88. The Balaban J connectivity index is 1.88. The van der Waals surface area contributed by atoms with Crippen molar-refractivity contribution >= 4 is 5.97 Å². The van der Waals surface area contributed by atoms with E-state index in [9.17, 15) is 10.1 Å². The summed E-state index contributed by atoms with van der Waals surface area (Å²) in [6, 6.07) is 17.9. The molecule has 0 fully saturated rings. The lowest BCUT2D eigenvalue weighted by Gasteiger charge is -2.08. The van der Waals surface area contributed by atoms with Gasteiger partial charge in [-0.25, -0.2) is 4.79 Å². The van der Waals surface area contributed by atoms with Crippen molar-refractivity contribution in [3.05, 3.63) is 76.6 Å². The molecule has 148 valence electrons. The summed E-state index contributed by atoms with van der Waals surface area (Å²) in [5.74, 6) is -0.364. The van der Waals surface area contributed by atoms with Crippen LogP contribution in [0.1, 0.15) is 59.6 Å². The lowest BCUT2D eigenvalue weighted by Crippen LogP contribution is -2.09. The van der Waals surface area contributed by atoms with Crippen LogP contribution >= 0.6 is 0 Å². The Bertz CT molecular complexity index is 1010. The topological polar surface area (TPSA) is 78.8 Å². The van der Waals surface area contributed by atoms with E-state index in [1.54, 1.807) is 6.92 Å². The van der Waals surface area contributed by atoms with Crippen molar-refractivity contribution in [2.45, 2.75) is 39.5 Å². The van der Waals surface area contributed by atoms with Gasteiger partial charge in [0.2, 0.25) is 0 Å². The Kier molecular flexibility index (Phi) is 6.80. The maximum Gasteiger partial charge on any atom is 0.356 e. The zero-order chi connectivity index (χ0) is 20.6. The highest BCUT2D eigenvalue weighted by molar-refractivity contribution is 5.89. The van der Waals surface area contributed by atoms with Crippen LogP contribution in [0.15, 0.2) is 48.5 Å². The largest absolute Gasteiger partial charge is 0.461 e. The normalized spacial score (nSPS) is 10.5. The standard InChI is InChI=1S/C24H25N3O2/c1-3-5-10-22-21(23(27-26-22)24(28)29-4-2)15-17-11-13-18(14-12-17)20-9-7-6-8-19(20)16-25/h6-9,11-14H,3-5,10,15H2,1-2H3,(H,26,27). The van der Waals surface area contributed by atoms with Crippen LogP contribution in [0, 0.1) is 11.3 Å². The van der Waals surface area contributed by atoms with E-state index >= 15 is 0 Å². The van der Waals surface area contributed by atoms with Crippen molar-refractivity contribution in [2.75, 3.05) is 6.61 Å². The van der Waals surface area contributed by atoms with Crippen molar-refractivity contribution < 1.29 is 9.53 Å². The summed E-state index contributed by atoms with van der Waals surface area (Å²) >= 11 is 0. The Hall–Kier alpha value is -3.39. The van der Waals surface area contributed by atoms with E-state index in [-0.39, 0.29) is 5.97 Å². The quantitative estimate of drug-likeness (QED) is 0.548. The maximum atomic E-state index is 12.3. The lowest BCUT2D eigenvalue weighted by atomic mass is 9.96. The van der Waals surface area contributed by atoms with Crippen molar-refractivity contribution in [1.82, 2.24) is 10.2 Å². The monoisotopic (exact) mass is 387 g/mol. The van der Waals surface area contributed by atoms with Gasteiger partial charge < -0.3 is 4.74 Å². The molecule has 0 radical (unpaired) electrons. The molecule has 0 spiro atoms. The molecule has 3 aromatic rings. The molecule has 5 heteroatoms. The number of benzene rings is 2. The van der Waals surface area contributed by atoms with Gasteiger partial charge in [0, 0.05) is 12.0 Å². The summed E-state index contributed by atoms with van der Waals surface area (Å²) in [6.07, 6.45) is 3.51. The molecule has 0 saturated carbocycles. The molecule has 5 nitrogen and oxygen atoms in total. The number of rotatable bonds is 8. The molecule has 0 unspecified atom stereocenters. The number of hydrogen-bond donors (Lipinski definition) is 1. The molecule has 0 saturated heterocycles. The Morgan fingerprint density at radius 2 is 1.90 bits per heavy atom. The minimum absolute atomic E-state index is 0.328. The molecule has 0 aliphatic heterocycles. The Morgan fingerprint density at radius 1 is 1.14 bits per heavy atom. The average molecular weight is 387 g/mol. The first-order chi connectivity index (χ1) is 14.2. The lowest BCUT2D eigenvalue weighted by molar-refractivity contribution is 0.0518. The Morgan fingerprint density at radius 3 is 2.59 bits per heavy atom. The number of aromatic nitrogens is 2.